The van der Waals surface area contributed by atoms with Gasteiger partial charge in [0.05, 0.1) is 5.69 Å². The maximum absolute atomic E-state index is 4.10. The highest BCUT2D eigenvalue weighted by Gasteiger charge is 2.01. The number of aromatic nitrogens is 2. The van der Waals surface area contributed by atoms with Crippen molar-refractivity contribution in [3.63, 3.8) is 0 Å². The molecule has 0 fully saturated rings. The number of rotatable bonds is 5. The summed E-state index contributed by atoms with van der Waals surface area (Å²) in [6.45, 7) is 6.72. The fourth-order valence-corrected chi connectivity index (χ4v) is 1.19. The van der Waals surface area contributed by atoms with Crippen molar-refractivity contribution < 1.29 is 0 Å². The van der Waals surface area contributed by atoms with E-state index in [-0.39, 0.29) is 0 Å². The summed E-state index contributed by atoms with van der Waals surface area (Å²) in [6.07, 6.45) is 4.74. The van der Waals surface area contributed by atoms with Crippen molar-refractivity contribution in [3.8, 4) is 0 Å². The van der Waals surface area contributed by atoms with E-state index in [1.54, 1.807) is 0 Å². The number of hydrogen-bond acceptors (Lipinski definition) is 2. The van der Waals surface area contributed by atoms with Crippen LogP contribution >= 0.6 is 0 Å². The maximum atomic E-state index is 4.10. The third-order valence-electron chi connectivity index (χ3n) is 2.07. The smallest absolute Gasteiger partial charge is 0.0518 e. The van der Waals surface area contributed by atoms with E-state index < -0.39 is 0 Å². The lowest BCUT2D eigenvalue weighted by Gasteiger charge is -2.11. The SMILES string of the molecule is C=CCC(C)NCc1ccnn1C. The van der Waals surface area contributed by atoms with E-state index in [0.717, 1.165) is 13.0 Å². The van der Waals surface area contributed by atoms with Gasteiger partial charge in [0.1, 0.15) is 0 Å². The van der Waals surface area contributed by atoms with Crippen molar-refractivity contribution in [2.45, 2.75) is 25.9 Å². The standard InChI is InChI=1S/C10H17N3/c1-4-5-9(2)11-8-10-6-7-12-13(10)3/h4,6-7,9,11H,1,5,8H2,2-3H3. The molecule has 3 nitrogen and oxygen atoms in total. The van der Waals surface area contributed by atoms with E-state index in [0.29, 0.717) is 6.04 Å². The minimum atomic E-state index is 0.479. The van der Waals surface area contributed by atoms with E-state index in [4.69, 9.17) is 0 Å². The van der Waals surface area contributed by atoms with Crippen LogP contribution in [-0.2, 0) is 13.6 Å². The van der Waals surface area contributed by atoms with Crippen LogP contribution in [0.5, 0.6) is 0 Å². The van der Waals surface area contributed by atoms with E-state index in [2.05, 4.69) is 23.9 Å². The first-order valence-electron chi connectivity index (χ1n) is 4.55. The van der Waals surface area contributed by atoms with E-state index in [1.807, 2.05) is 30.1 Å². The summed E-state index contributed by atoms with van der Waals surface area (Å²) >= 11 is 0. The van der Waals surface area contributed by atoms with Crippen LogP contribution in [0.2, 0.25) is 0 Å². The molecule has 0 aliphatic carbocycles. The number of nitrogens with one attached hydrogen (secondary N) is 1. The van der Waals surface area contributed by atoms with Crippen molar-refractivity contribution in [3.05, 3.63) is 30.6 Å². The zero-order valence-electron chi connectivity index (χ0n) is 8.33. The van der Waals surface area contributed by atoms with Crippen LogP contribution in [0, 0.1) is 0 Å². The van der Waals surface area contributed by atoms with Gasteiger partial charge in [0.15, 0.2) is 0 Å². The van der Waals surface area contributed by atoms with Crippen LogP contribution in [0.3, 0.4) is 0 Å². The Morgan fingerprint density at radius 3 is 3.08 bits per heavy atom. The largest absolute Gasteiger partial charge is 0.308 e. The molecule has 0 radical (unpaired) electrons. The molecule has 0 amide bonds. The summed E-state index contributed by atoms with van der Waals surface area (Å²) in [5.41, 5.74) is 1.20. The molecule has 0 spiro atoms. The van der Waals surface area contributed by atoms with Gasteiger partial charge in [-0.25, -0.2) is 0 Å². The van der Waals surface area contributed by atoms with Gasteiger partial charge in [-0.1, -0.05) is 6.08 Å². The van der Waals surface area contributed by atoms with Gasteiger partial charge in [-0.15, -0.1) is 6.58 Å². The Bertz CT molecular complexity index is 265. The third-order valence-corrected chi connectivity index (χ3v) is 2.07. The monoisotopic (exact) mass is 179 g/mol. The summed E-state index contributed by atoms with van der Waals surface area (Å²) in [6, 6.07) is 2.50. The van der Waals surface area contributed by atoms with Crippen LogP contribution in [0.4, 0.5) is 0 Å². The van der Waals surface area contributed by atoms with Gasteiger partial charge in [0.2, 0.25) is 0 Å². The maximum Gasteiger partial charge on any atom is 0.0518 e. The molecule has 1 heterocycles. The van der Waals surface area contributed by atoms with Gasteiger partial charge >= 0.3 is 0 Å². The first-order chi connectivity index (χ1) is 6.24. The highest BCUT2D eigenvalue weighted by molar-refractivity contribution is 4.99. The molecule has 0 bridgehead atoms. The van der Waals surface area contributed by atoms with Crippen LogP contribution in [0.1, 0.15) is 19.0 Å². The quantitative estimate of drug-likeness (QED) is 0.694. The van der Waals surface area contributed by atoms with E-state index >= 15 is 0 Å². The Morgan fingerprint density at radius 2 is 2.54 bits per heavy atom. The second kappa shape index (κ2) is 4.82. The van der Waals surface area contributed by atoms with Gasteiger partial charge < -0.3 is 5.32 Å². The number of aryl methyl sites for hydroxylation is 1. The lowest BCUT2D eigenvalue weighted by Crippen LogP contribution is -2.25. The minimum absolute atomic E-state index is 0.479. The highest BCUT2D eigenvalue weighted by Crippen LogP contribution is 1.97. The van der Waals surface area contributed by atoms with Crippen molar-refractivity contribution in [2.24, 2.45) is 7.05 Å². The highest BCUT2D eigenvalue weighted by atomic mass is 15.3. The molecule has 1 N–H and O–H groups in total. The van der Waals surface area contributed by atoms with Gasteiger partial charge in [-0.3, -0.25) is 4.68 Å². The fraction of sp³-hybridized carbons (Fsp3) is 0.500. The van der Waals surface area contributed by atoms with Crippen LogP contribution in [0.15, 0.2) is 24.9 Å². The summed E-state index contributed by atoms with van der Waals surface area (Å²) in [5.74, 6) is 0. The predicted octanol–water partition coefficient (Wildman–Crippen LogP) is 1.47. The Hall–Kier alpha value is -1.09. The van der Waals surface area contributed by atoms with Crippen LogP contribution < -0.4 is 5.32 Å². The Kier molecular flexibility index (Phi) is 3.71. The molecule has 1 aromatic rings. The molecule has 0 saturated carbocycles. The van der Waals surface area contributed by atoms with Gasteiger partial charge in [0, 0.05) is 25.8 Å². The van der Waals surface area contributed by atoms with E-state index in [1.165, 1.54) is 5.69 Å². The van der Waals surface area contributed by atoms with E-state index in [9.17, 15) is 0 Å². The molecule has 0 aliphatic rings. The predicted molar refractivity (Wildman–Crippen MR) is 54.3 cm³/mol. The summed E-state index contributed by atoms with van der Waals surface area (Å²) in [5, 5.41) is 7.49. The van der Waals surface area contributed by atoms with Gasteiger partial charge in [-0.2, -0.15) is 5.10 Å². The number of nitrogens with zero attached hydrogens (tertiary/aromatic N) is 2. The lowest BCUT2D eigenvalue weighted by molar-refractivity contribution is 0.532. The van der Waals surface area contributed by atoms with Crippen molar-refractivity contribution in [2.75, 3.05) is 0 Å². The van der Waals surface area contributed by atoms with Crippen molar-refractivity contribution in [1.29, 1.82) is 0 Å². The summed E-state index contributed by atoms with van der Waals surface area (Å²) < 4.78 is 1.88. The molecule has 0 aromatic carbocycles. The van der Waals surface area contributed by atoms with Crippen molar-refractivity contribution in [1.82, 2.24) is 15.1 Å². The molecule has 0 saturated heterocycles. The first-order valence-corrected chi connectivity index (χ1v) is 4.55. The Morgan fingerprint density at radius 1 is 1.77 bits per heavy atom. The van der Waals surface area contributed by atoms with Crippen LogP contribution in [0.25, 0.3) is 0 Å². The summed E-state index contributed by atoms with van der Waals surface area (Å²) in [7, 11) is 1.95. The molecule has 13 heavy (non-hydrogen) atoms. The molecular formula is C10H17N3. The minimum Gasteiger partial charge on any atom is -0.308 e. The zero-order valence-corrected chi connectivity index (χ0v) is 8.33. The molecule has 1 unspecified atom stereocenters. The van der Waals surface area contributed by atoms with Crippen LogP contribution in [-0.4, -0.2) is 15.8 Å². The molecule has 1 atom stereocenters. The fourth-order valence-electron chi connectivity index (χ4n) is 1.19. The Labute approximate surface area is 79.5 Å². The Balaban J connectivity index is 2.34. The first kappa shape index (κ1) is 9.99. The number of hydrogen-bond donors (Lipinski definition) is 1. The molecule has 1 aromatic heterocycles. The third kappa shape index (κ3) is 3.03. The summed E-state index contributed by atoms with van der Waals surface area (Å²) in [4.78, 5) is 0. The molecule has 72 valence electrons. The molecule has 1 rings (SSSR count). The zero-order chi connectivity index (χ0) is 9.68. The van der Waals surface area contributed by atoms with Gasteiger partial charge in [0.25, 0.3) is 0 Å². The lowest BCUT2D eigenvalue weighted by atomic mass is 10.2. The topological polar surface area (TPSA) is 29.9 Å². The second-order valence-electron chi connectivity index (χ2n) is 3.25. The normalized spacial score (nSPS) is 12.8. The average Bonchev–Trinajstić information content (AvgIpc) is 2.48. The molecule has 3 heteroatoms. The van der Waals surface area contributed by atoms with Crippen molar-refractivity contribution >= 4 is 0 Å². The molecular weight excluding hydrogens is 162 g/mol. The molecule has 0 aliphatic heterocycles. The second-order valence-corrected chi connectivity index (χ2v) is 3.25. The van der Waals surface area contributed by atoms with Gasteiger partial charge in [-0.05, 0) is 19.4 Å². The average molecular weight is 179 g/mol.